The summed E-state index contributed by atoms with van der Waals surface area (Å²) in [5.74, 6) is 2.28. The standard InChI is InChI=1S/C24H32N4O4/c1-26-24(27-14-17-7-5-11-20(13-17)31-16-22(25)29)28-15-18-8-6-12-21(30-2)23(18)32-19-9-3-4-10-19/h5-8,11-13,19H,3-4,9-10,14-16H2,1-2H3,(H2,25,29)(H2,26,27,28). The smallest absolute Gasteiger partial charge is 0.255 e. The molecule has 3 rings (SSSR count). The molecule has 8 nitrogen and oxygen atoms in total. The predicted molar refractivity (Wildman–Crippen MR) is 124 cm³/mol. The molecule has 32 heavy (non-hydrogen) atoms. The Morgan fingerprint density at radius 1 is 1.12 bits per heavy atom. The van der Waals surface area contributed by atoms with E-state index in [0.717, 1.165) is 35.5 Å². The first-order valence-electron chi connectivity index (χ1n) is 10.9. The summed E-state index contributed by atoms with van der Waals surface area (Å²) in [6, 6.07) is 13.4. The Morgan fingerprint density at radius 3 is 2.59 bits per heavy atom. The zero-order valence-corrected chi connectivity index (χ0v) is 18.7. The van der Waals surface area contributed by atoms with Crippen molar-refractivity contribution in [2.45, 2.75) is 44.9 Å². The highest BCUT2D eigenvalue weighted by Crippen LogP contribution is 2.34. The van der Waals surface area contributed by atoms with E-state index in [1.807, 2.05) is 36.4 Å². The summed E-state index contributed by atoms with van der Waals surface area (Å²) < 4.78 is 17.2. The van der Waals surface area contributed by atoms with E-state index < -0.39 is 5.91 Å². The quantitative estimate of drug-likeness (QED) is 0.387. The van der Waals surface area contributed by atoms with Crippen LogP contribution in [0.2, 0.25) is 0 Å². The Balaban J connectivity index is 1.59. The van der Waals surface area contributed by atoms with E-state index in [-0.39, 0.29) is 12.7 Å². The molecule has 172 valence electrons. The topological polar surface area (TPSA) is 107 Å². The van der Waals surface area contributed by atoms with Crippen LogP contribution in [0.15, 0.2) is 47.5 Å². The number of carbonyl (C=O) groups excluding carboxylic acids is 1. The van der Waals surface area contributed by atoms with Crippen molar-refractivity contribution in [3.8, 4) is 17.2 Å². The molecule has 1 amide bonds. The molecular weight excluding hydrogens is 408 g/mol. The number of nitrogens with zero attached hydrogens (tertiary/aromatic N) is 1. The first kappa shape index (κ1) is 23.2. The normalized spacial score (nSPS) is 14.1. The molecule has 1 aliphatic carbocycles. The van der Waals surface area contributed by atoms with Gasteiger partial charge >= 0.3 is 0 Å². The third-order valence-corrected chi connectivity index (χ3v) is 5.28. The molecule has 2 aromatic carbocycles. The monoisotopic (exact) mass is 440 g/mol. The Labute approximate surface area is 189 Å². The molecule has 0 heterocycles. The number of rotatable bonds is 10. The van der Waals surface area contributed by atoms with Crippen LogP contribution in [0, 0.1) is 0 Å². The van der Waals surface area contributed by atoms with Gasteiger partial charge in [-0.2, -0.15) is 0 Å². The fourth-order valence-electron chi connectivity index (χ4n) is 3.65. The second-order valence-electron chi connectivity index (χ2n) is 7.65. The van der Waals surface area contributed by atoms with E-state index in [1.54, 1.807) is 20.2 Å². The van der Waals surface area contributed by atoms with E-state index in [2.05, 4.69) is 15.6 Å². The highest BCUT2D eigenvalue weighted by atomic mass is 16.5. The maximum Gasteiger partial charge on any atom is 0.255 e. The molecule has 0 unspecified atom stereocenters. The van der Waals surface area contributed by atoms with Crippen LogP contribution in [-0.2, 0) is 17.9 Å². The second-order valence-corrected chi connectivity index (χ2v) is 7.65. The highest BCUT2D eigenvalue weighted by molar-refractivity contribution is 5.79. The van der Waals surface area contributed by atoms with E-state index in [0.29, 0.717) is 24.8 Å². The van der Waals surface area contributed by atoms with Crippen LogP contribution in [-0.4, -0.2) is 38.7 Å². The van der Waals surface area contributed by atoms with E-state index in [1.165, 1.54) is 12.8 Å². The van der Waals surface area contributed by atoms with Crippen molar-refractivity contribution in [2.24, 2.45) is 10.7 Å². The Hall–Kier alpha value is -3.42. The minimum absolute atomic E-state index is 0.147. The van der Waals surface area contributed by atoms with Gasteiger partial charge in [-0.3, -0.25) is 9.79 Å². The van der Waals surface area contributed by atoms with Gasteiger partial charge in [0, 0.05) is 25.7 Å². The van der Waals surface area contributed by atoms with Crippen molar-refractivity contribution in [1.29, 1.82) is 0 Å². The molecule has 0 radical (unpaired) electrons. The minimum atomic E-state index is -0.507. The number of nitrogens with one attached hydrogen (secondary N) is 2. The molecule has 0 atom stereocenters. The van der Waals surface area contributed by atoms with Crippen molar-refractivity contribution in [3.63, 3.8) is 0 Å². The summed E-state index contributed by atoms with van der Waals surface area (Å²) in [4.78, 5) is 15.2. The van der Waals surface area contributed by atoms with Crippen LogP contribution in [0.4, 0.5) is 0 Å². The number of nitrogens with two attached hydrogens (primary N) is 1. The van der Waals surface area contributed by atoms with Crippen LogP contribution in [0.1, 0.15) is 36.8 Å². The van der Waals surface area contributed by atoms with Gasteiger partial charge < -0.3 is 30.6 Å². The molecule has 4 N–H and O–H groups in total. The van der Waals surface area contributed by atoms with Crippen molar-refractivity contribution < 1.29 is 19.0 Å². The number of para-hydroxylation sites is 1. The summed E-state index contributed by atoms with van der Waals surface area (Å²) in [5, 5.41) is 6.63. The summed E-state index contributed by atoms with van der Waals surface area (Å²) in [6.45, 7) is 0.934. The average molecular weight is 441 g/mol. The van der Waals surface area contributed by atoms with Gasteiger partial charge in [0.1, 0.15) is 5.75 Å². The first-order chi connectivity index (χ1) is 15.6. The zero-order chi connectivity index (χ0) is 22.8. The van der Waals surface area contributed by atoms with Crippen LogP contribution < -0.4 is 30.6 Å². The Bertz CT molecular complexity index is 926. The Kier molecular flexibility index (Phi) is 8.60. The van der Waals surface area contributed by atoms with Gasteiger partial charge in [-0.25, -0.2) is 0 Å². The maximum atomic E-state index is 10.9. The first-order valence-corrected chi connectivity index (χ1v) is 10.9. The number of carbonyl (C=O) groups is 1. The van der Waals surface area contributed by atoms with Gasteiger partial charge in [0.15, 0.2) is 24.1 Å². The lowest BCUT2D eigenvalue weighted by molar-refractivity contribution is -0.119. The number of benzene rings is 2. The lowest BCUT2D eigenvalue weighted by Crippen LogP contribution is -2.36. The molecule has 8 heteroatoms. The number of primary amides is 1. The van der Waals surface area contributed by atoms with Crippen LogP contribution in [0.25, 0.3) is 0 Å². The predicted octanol–water partition coefficient (Wildman–Crippen LogP) is 2.75. The number of aliphatic imine (C=N–C) groups is 1. The largest absolute Gasteiger partial charge is 0.493 e. The third kappa shape index (κ3) is 6.80. The molecular formula is C24H32N4O4. The molecule has 1 saturated carbocycles. The van der Waals surface area contributed by atoms with Crippen molar-refractivity contribution in [1.82, 2.24) is 10.6 Å². The zero-order valence-electron chi connectivity index (χ0n) is 18.7. The molecule has 1 aliphatic rings. The van der Waals surface area contributed by atoms with Gasteiger partial charge in [0.2, 0.25) is 0 Å². The van der Waals surface area contributed by atoms with Crippen LogP contribution in [0.5, 0.6) is 17.2 Å². The van der Waals surface area contributed by atoms with Gasteiger partial charge in [-0.15, -0.1) is 0 Å². The molecule has 2 aromatic rings. The minimum Gasteiger partial charge on any atom is -0.493 e. The highest BCUT2D eigenvalue weighted by Gasteiger charge is 2.20. The number of guanidine groups is 1. The lowest BCUT2D eigenvalue weighted by Gasteiger charge is -2.20. The van der Waals surface area contributed by atoms with E-state index in [9.17, 15) is 4.79 Å². The number of hydrogen-bond donors (Lipinski definition) is 3. The summed E-state index contributed by atoms with van der Waals surface area (Å²) in [5.41, 5.74) is 7.14. The summed E-state index contributed by atoms with van der Waals surface area (Å²) >= 11 is 0. The molecule has 0 aliphatic heterocycles. The van der Waals surface area contributed by atoms with Crippen LogP contribution >= 0.6 is 0 Å². The van der Waals surface area contributed by atoms with E-state index in [4.69, 9.17) is 19.9 Å². The van der Waals surface area contributed by atoms with Gasteiger partial charge in [-0.05, 0) is 49.4 Å². The Morgan fingerprint density at radius 2 is 1.88 bits per heavy atom. The maximum absolute atomic E-state index is 10.9. The SMILES string of the molecule is CN=C(NCc1cccc(OCC(N)=O)c1)NCc1cccc(OC)c1OC1CCCC1. The fraction of sp³-hybridized carbons (Fsp3) is 0.417. The number of hydrogen-bond acceptors (Lipinski definition) is 5. The molecule has 0 aromatic heterocycles. The molecule has 0 bridgehead atoms. The van der Waals surface area contributed by atoms with Gasteiger partial charge in [0.25, 0.3) is 5.91 Å². The summed E-state index contributed by atoms with van der Waals surface area (Å²) in [6.07, 6.45) is 4.82. The van der Waals surface area contributed by atoms with E-state index >= 15 is 0 Å². The lowest BCUT2D eigenvalue weighted by atomic mass is 10.1. The third-order valence-electron chi connectivity index (χ3n) is 5.28. The number of amides is 1. The van der Waals surface area contributed by atoms with Crippen LogP contribution in [0.3, 0.4) is 0 Å². The second kappa shape index (κ2) is 11.8. The molecule has 0 saturated heterocycles. The number of methoxy groups -OCH3 is 1. The average Bonchev–Trinajstić information content (AvgIpc) is 3.32. The van der Waals surface area contributed by atoms with Crippen molar-refractivity contribution in [2.75, 3.05) is 20.8 Å². The molecule has 1 fully saturated rings. The summed E-state index contributed by atoms with van der Waals surface area (Å²) in [7, 11) is 3.39. The fourth-order valence-corrected chi connectivity index (χ4v) is 3.65. The van der Waals surface area contributed by atoms with Crippen molar-refractivity contribution >= 4 is 11.9 Å². The molecule has 0 spiro atoms. The van der Waals surface area contributed by atoms with Gasteiger partial charge in [-0.1, -0.05) is 24.3 Å². The number of ether oxygens (including phenoxy) is 3. The van der Waals surface area contributed by atoms with Gasteiger partial charge in [0.05, 0.1) is 13.2 Å². The van der Waals surface area contributed by atoms with Crippen molar-refractivity contribution in [3.05, 3.63) is 53.6 Å².